The summed E-state index contributed by atoms with van der Waals surface area (Å²) in [6, 6.07) is -1.12. The minimum Gasteiger partial charge on any atom is -0.376 e. The quantitative estimate of drug-likeness (QED) is 0.321. The third-order valence-electron chi connectivity index (χ3n) is 2.86. The normalized spacial score (nSPS) is 33.9. The van der Waals surface area contributed by atoms with Crippen LogP contribution in [0, 0.1) is 0 Å². The molecule has 6 N–H and O–H groups in total. The lowest BCUT2D eigenvalue weighted by Gasteiger charge is -2.43. The largest absolute Gasteiger partial charge is 0.470 e. The van der Waals surface area contributed by atoms with Gasteiger partial charge in [-0.2, -0.15) is 0 Å². The predicted molar refractivity (Wildman–Crippen MR) is 69.4 cm³/mol. The third-order valence-corrected chi connectivity index (χ3v) is 3.87. The molecule has 1 saturated heterocycles. The number of methoxy groups -OCH3 is 2. The van der Waals surface area contributed by atoms with Crippen LogP contribution < -0.4 is 5.73 Å². The highest BCUT2D eigenvalue weighted by atomic mass is 31.2. The molecule has 1 aliphatic heterocycles. The van der Waals surface area contributed by atoms with E-state index in [9.17, 15) is 9.13 Å². The molecule has 5 atom stereocenters. The molecule has 1 rings (SSSR count). The van der Waals surface area contributed by atoms with E-state index in [1.165, 1.54) is 14.2 Å². The van der Waals surface area contributed by atoms with Crippen LogP contribution in [0.25, 0.3) is 0 Å². The summed E-state index contributed by atoms with van der Waals surface area (Å²) >= 11 is 0. The van der Waals surface area contributed by atoms with Crippen molar-refractivity contribution < 1.29 is 52.0 Å². The molecule has 0 aromatic heterocycles. The Morgan fingerprint density at radius 1 is 1.05 bits per heavy atom. The summed E-state index contributed by atoms with van der Waals surface area (Å²) in [7, 11) is -7.26. The molecule has 0 amide bonds. The second kappa shape index (κ2) is 7.75. The van der Waals surface area contributed by atoms with Crippen LogP contribution in [-0.4, -0.2) is 71.0 Å². The average molecular weight is 367 g/mol. The molecule has 12 nitrogen and oxygen atoms in total. The van der Waals surface area contributed by atoms with Crippen molar-refractivity contribution in [2.75, 3.05) is 20.8 Å². The molecule has 0 aromatic rings. The van der Waals surface area contributed by atoms with Gasteiger partial charge in [0.2, 0.25) is 0 Å². The molecule has 1 fully saturated rings. The standard InChI is InChI=1S/C8H19NO11P2/c1-16-6-4(3-18-21(10,11)12)19-8(17-2)5(9)7(6)20-22(13,14)15/h4-8H,3,9H2,1-2H3,(H2,10,11,12)(H2,13,14,15)/t4?,5?,6-,7?,8-/m1/s1. The number of nitrogens with two attached hydrogens (primary N) is 1. The van der Waals surface area contributed by atoms with Crippen molar-refractivity contribution >= 4 is 15.6 Å². The Morgan fingerprint density at radius 2 is 1.64 bits per heavy atom. The number of phosphoric ester groups is 2. The van der Waals surface area contributed by atoms with Gasteiger partial charge in [-0.05, 0) is 0 Å². The van der Waals surface area contributed by atoms with Crippen molar-refractivity contribution in [2.45, 2.75) is 30.6 Å². The molecular formula is C8H19NO11P2. The van der Waals surface area contributed by atoms with Crippen molar-refractivity contribution in [3.05, 3.63) is 0 Å². The summed E-state index contributed by atoms with van der Waals surface area (Å²) in [4.78, 5) is 35.3. The zero-order valence-corrected chi connectivity index (χ0v) is 13.5. The molecule has 132 valence electrons. The van der Waals surface area contributed by atoms with E-state index >= 15 is 0 Å². The molecule has 0 bridgehead atoms. The molecule has 0 aromatic carbocycles. The summed E-state index contributed by atoms with van der Waals surface area (Å²) in [6.45, 7) is -0.629. The van der Waals surface area contributed by atoms with Gasteiger partial charge in [-0.15, -0.1) is 0 Å². The Morgan fingerprint density at radius 3 is 2.05 bits per heavy atom. The Balaban J connectivity index is 2.96. The van der Waals surface area contributed by atoms with Crippen LogP contribution in [0.2, 0.25) is 0 Å². The molecule has 3 unspecified atom stereocenters. The highest BCUT2D eigenvalue weighted by Gasteiger charge is 2.48. The number of phosphoric acid groups is 2. The Bertz CT molecular complexity index is 449. The zero-order chi connectivity index (χ0) is 17.1. The maximum Gasteiger partial charge on any atom is 0.470 e. The summed E-state index contributed by atoms with van der Waals surface area (Å²) in [5, 5.41) is 0. The lowest BCUT2D eigenvalue weighted by Crippen LogP contribution is -2.63. The van der Waals surface area contributed by atoms with E-state index in [4.69, 9.17) is 39.5 Å². The Hall–Kier alpha value is 0.0600. The van der Waals surface area contributed by atoms with Gasteiger partial charge in [-0.25, -0.2) is 9.13 Å². The Kier molecular flexibility index (Phi) is 7.09. The first-order chi connectivity index (χ1) is 9.98. The van der Waals surface area contributed by atoms with E-state index in [-0.39, 0.29) is 0 Å². The van der Waals surface area contributed by atoms with Crippen LogP contribution in [0.4, 0.5) is 0 Å². The maximum absolute atomic E-state index is 11.0. The van der Waals surface area contributed by atoms with E-state index in [1.807, 2.05) is 0 Å². The van der Waals surface area contributed by atoms with Gasteiger partial charge in [-0.1, -0.05) is 0 Å². The van der Waals surface area contributed by atoms with Crippen LogP contribution in [0.3, 0.4) is 0 Å². The minimum absolute atomic E-state index is 0.629. The van der Waals surface area contributed by atoms with Gasteiger partial charge in [0.15, 0.2) is 6.29 Å². The van der Waals surface area contributed by atoms with Gasteiger partial charge in [0.1, 0.15) is 18.3 Å². The van der Waals surface area contributed by atoms with Crippen LogP contribution >= 0.6 is 15.6 Å². The van der Waals surface area contributed by atoms with Gasteiger partial charge in [0.25, 0.3) is 0 Å². The third kappa shape index (κ3) is 5.93. The first-order valence-corrected chi connectivity index (χ1v) is 8.95. The highest BCUT2D eigenvalue weighted by molar-refractivity contribution is 7.46. The van der Waals surface area contributed by atoms with Crippen molar-refractivity contribution in [2.24, 2.45) is 5.73 Å². The van der Waals surface area contributed by atoms with Crippen molar-refractivity contribution in [3.63, 3.8) is 0 Å². The number of ether oxygens (including phenoxy) is 3. The summed E-state index contributed by atoms with van der Waals surface area (Å²) in [6.07, 6.45) is -4.79. The molecule has 0 radical (unpaired) electrons. The molecule has 0 spiro atoms. The lowest BCUT2D eigenvalue weighted by molar-refractivity contribution is -0.259. The zero-order valence-electron chi connectivity index (χ0n) is 11.7. The topological polar surface area (TPSA) is 187 Å². The summed E-state index contributed by atoms with van der Waals surface area (Å²) in [5.74, 6) is 0. The van der Waals surface area contributed by atoms with E-state index in [0.717, 1.165) is 0 Å². The van der Waals surface area contributed by atoms with Gasteiger partial charge in [-0.3, -0.25) is 9.05 Å². The molecule has 0 aliphatic carbocycles. The first-order valence-electron chi connectivity index (χ1n) is 5.89. The maximum atomic E-state index is 11.0. The van der Waals surface area contributed by atoms with Crippen molar-refractivity contribution in [1.29, 1.82) is 0 Å². The fourth-order valence-corrected chi connectivity index (χ4v) is 2.94. The van der Waals surface area contributed by atoms with Crippen molar-refractivity contribution in [1.82, 2.24) is 0 Å². The minimum atomic E-state index is -4.90. The highest BCUT2D eigenvalue weighted by Crippen LogP contribution is 2.42. The van der Waals surface area contributed by atoms with Gasteiger partial charge >= 0.3 is 15.6 Å². The molecular weight excluding hydrogens is 348 g/mol. The molecule has 14 heteroatoms. The van der Waals surface area contributed by atoms with Gasteiger partial charge in [0, 0.05) is 14.2 Å². The lowest BCUT2D eigenvalue weighted by atomic mass is 9.97. The number of rotatable bonds is 7. The molecule has 1 heterocycles. The average Bonchev–Trinajstić information content (AvgIpc) is 2.36. The molecule has 1 aliphatic rings. The number of hydrogen-bond donors (Lipinski definition) is 5. The summed E-state index contributed by atoms with van der Waals surface area (Å²) in [5.41, 5.74) is 5.76. The van der Waals surface area contributed by atoms with Crippen LogP contribution in [0.15, 0.2) is 0 Å². The Labute approximate surface area is 125 Å². The molecule has 22 heavy (non-hydrogen) atoms. The second-order valence-electron chi connectivity index (χ2n) is 4.40. The molecule has 0 saturated carbocycles. The predicted octanol–water partition coefficient (Wildman–Crippen LogP) is -1.71. The SMILES string of the molecule is CO[C@@H]1OC(COP(=O)(O)O)[C@@H](OC)C(OP(=O)(O)O)C1N. The van der Waals surface area contributed by atoms with Crippen molar-refractivity contribution in [3.8, 4) is 0 Å². The second-order valence-corrected chi connectivity index (χ2v) is 6.83. The smallest absolute Gasteiger partial charge is 0.376 e. The fraction of sp³-hybridized carbons (Fsp3) is 1.00. The van der Waals surface area contributed by atoms with E-state index in [2.05, 4.69) is 9.05 Å². The van der Waals surface area contributed by atoms with E-state index < -0.39 is 52.9 Å². The van der Waals surface area contributed by atoms with E-state index in [0.29, 0.717) is 0 Å². The van der Waals surface area contributed by atoms with Crippen LogP contribution in [0.5, 0.6) is 0 Å². The van der Waals surface area contributed by atoms with Crippen LogP contribution in [-0.2, 0) is 32.4 Å². The number of hydrogen-bond acceptors (Lipinski definition) is 8. The van der Waals surface area contributed by atoms with Gasteiger partial charge in [0.05, 0.1) is 12.6 Å². The fourth-order valence-electron chi connectivity index (χ4n) is 2.02. The van der Waals surface area contributed by atoms with Gasteiger partial charge < -0.3 is 39.5 Å². The van der Waals surface area contributed by atoms with Crippen LogP contribution in [0.1, 0.15) is 0 Å². The monoisotopic (exact) mass is 367 g/mol. The summed E-state index contributed by atoms with van der Waals surface area (Å²) < 4.78 is 46.0. The van der Waals surface area contributed by atoms with E-state index in [1.54, 1.807) is 0 Å². The first kappa shape index (κ1) is 20.1.